The number of carbonyl (C=O) groups is 2. The molecule has 0 spiro atoms. The van der Waals surface area contributed by atoms with Gasteiger partial charge in [-0.05, 0) is 37.1 Å². The highest BCUT2D eigenvalue weighted by molar-refractivity contribution is 6.35. The Kier molecular flexibility index (Phi) is 5.86. The van der Waals surface area contributed by atoms with Crippen LogP contribution in [0.25, 0.3) is 0 Å². The number of aryl methyl sites for hydroxylation is 1. The van der Waals surface area contributed by atoms with Crippen molar-refractivity contribution >= 4 is 46.4 Å². The summed E-state index contributed by atoms with van der Waals surface area (Å²) in [5.41, 5.74) is 1.05. The Morgan fingerprint density at radius 2 is 1.96 bits per heavy atom. The van der Waals surface area contributed by atoms with Gasteiger partial charge in [-0.25, -0.2) is 0 Å². The number of non-ortho nitro benzene ring substituents is 1. The average Bonchev–Trinajstić information content (AvgIpc) is 3.06. The van der Waals surface area contributed by atoms with E-state index in [1.165, 1.54) is 17.0 Å². The van der Waals surface area contributed by atoms with Crippen molar-refractivity contribution in [1.29, 1.82) is 0 Å². The SMILES string of the molecule is Cc1ccc(N(CN2CCCC2=O)C(=O)c2cc([N+](=O)[O-])ccc2Cl)cc1Cl. The van der Waals surface area contributed by atoms with Crippen molar-refractivity contribution in [2.24, 2.45) is 0 Å². The van der Waals surface area contributed by atoms with E-state index in [1.807, 2.05) is 6.92 Å². The van der Waals surface area contributed by atoms with E-state index in [9.17, 15) is 19.7 Å². The molecule has 3 rings (SSSR count). The molecule has 0 aromatic heterocycles. The molecule has 1 saturated heterocycles. The van der Waals surface area contributed by atoms with Crippen molar-refractivity contribution in [1.82, 2.24) is 4.90 Å². The maximum absolute atomic E-state index is 13.3. The number of benzene rings is 2. The first-order valence-corrected chi connectivity index (χ1v) is 9.33. The van der Waals surface area contributed by atoms with Gasteiger partial charge < -0.3 is 4.90 Å². The number of likely N-dealkylation sites (tertiary alicyclic amines) is 1. The van der Waals surface area contributed by atoms with E-state index >= 15 is 0 Å². The average molecular weight is 422 g/mol. The van der Waals surface area contributed by atoms with Crippen LogP contribution in [-0.2, 0) is 4.79 Å². The molecule has 2 aromatic rings. The minimum Gasteiger partial charge on any atom is -0.324 e. The van der Waals surface area contributed by atoms with Crippen molar-refractivity contribution in [3.05, 3.63) is 67.7 Å². The lowest BCUT2D eigenvalue weighted by molar-refractivity contribution is -0.384. The Bertz CT molecular complexity index is 964. The summed E-state index contributed by atoms with van der Waals surface area (Å²) in [6, 6.07) is 8.79. The molecule has 0 saturated carbocycles. The molecule has 0 N–H and O–H groups in total. The zero-order valence-electron chi connectivity index (χ0n) is 15.0. The van der Waals surface area contributed by atoms with Crippen LogP contribution in [0.1, 0.15) is 28.8 Å². The molecule has 1 aliphatic heterocycles. The molecule has 2 amide bonds. The fraction of sp³-hybridized carbons (Fsp3) is 0.263. The van der Waals surface area contributed by atoms with Gasteiger partial charge in [0.1, 0.15) is 6.67 Å². The Hall–Kier alpha value is -2.64. The molecule has 0 bridgehead atoms. The first kappa shape index (κ1) is 20.1. The highest BCUT2D eigenvalue weighted by atomic mass is 35.5. The smallest absolute Gasteiger partial charge is 0.270 e. The maximum Gasteiger partial charge on any atom is 0.270 e. The molecule has 1 heterocycles. The summed E-state index contributed by atoms with van der Waals surface area (Å²) in [6.07, 6.45) is 1.14. The van der Waals surface area contributed by atoms with Crippen molar-refractivity contribution in [2.75, 3.05) is 18.1 Å². The molecule has 0 radical (unpaired) electrons. The predicted octanol–water partition coefficient (Wildman–Crippen LogP) is 4.44. The zero-order chi connectivity index (χ0) is 20.4. The van der Waals surface area contributed by atoms with Gasteiger partial charge in [-0.15, -0.1) is 0 Å². The van der Waals surface area contributed by atoms with Crippen molar-refractivity contribution < 1.29 is 14.5 Å². The van der Waals surface area contributed by atoms with Crippen LogP contribution < -0.4 is 4.90 Å². The normalized spacial score (nSPS) is 13.7. The van der Waals surface area contributed by atoms with Crippen molar-refractivity contribution in [2.45, 2.75) is 19.8 Å². The summed E-state index contributed by atoms with van der Waals surface area (Å²) < 4.78 is 0. The quantitative estimate of drug-likeness (QED) is 0.527. The lowest BCUT2D eigenvalue weighted by Gasteiger charge is -2.28. The van der Waals surface area contributed by atoms with Crippen LogP contribution in [-0.4, -0.2) is 34.9 Å². The molecule has 0 atom stereocenters. The zero-order valence-corrected chi connectivity index (χ0v) is 16.5. The van der Waals surface area contributed by atoms with E-state index in [4.69, 9.17) is 23.2 Å². The van der Waals surface area contributed by atoms with Gasteiger partial charge >= 0.3 is 0 Å². The number of halogens is 2. The molecule has 146 valence electrons. The lowest BCUT2D eigenvalue weighted by atomic mass is 10.1. The molecule has 0 unspecified atom stereocenters. The number of carbonyl (C=O) groups excluding carboxylic acids is 2. The number of nitro groups is 1. The molecule has 9 heteroatoms. The van der Waals surface area contributed by atoms with Crippen LogP contribution in [0.15, 0.2) is 36.4 Å². The standard InChI is InChI=1S/C19H17Cl2N3O4/c1-12-4-5-13(10-17(12)21)23(11-22-8-2-3-18(22)25)19(26)15-9-14(24(27)28)6-7-16(15)20/h4-7,9-10H,2-3,8,11H2,1H3. The summed E-state index contributed by atoms with van der Waals surface area (Å²) in [5, 5.41) is 11.7. The molecule has 1 fully saturated rings. The fourth-order valence-corrected chi connectivity index (χ4v) is 3.35. The monoisotopic (exact) mass is 421 g/mol. The third-order valence-electron chi connectivity index (χ3n) is 4.59. The van der Waals surface area contributed by atoms with Gasteiger partial charge in [0, 0.05) is 35.8 Å². The lowest BCUT2D eigenvalue weighted by Crippen LogP contribution is -2.42. The van der Waals surface area contributed by atoms with Gasteiger partial charge in [0.25, 0.3) is 11.6 Å². The molecule has 7 nitrogen and oxygen atoms in total. The number of amides is 2. The summed E-state index contributed by atoms with van der Waals surface area (Å²) in [7, 11) is 0. The van der Waals surface area contributed by atoms with Gasteiger partial charge in [0.2, 0.25) is 5.91 Å². The van der Waals surface area contributed by atoms with E-state index in [0.29, 0.717) is 30.1 Å². The van der Waals surface area contributed by atoms with Crippen molar-refractivity contribution in [3.63, 3.8) is 0 Å². The van der Waals surface area contributed by atoms with E-state index in [0.717, 1.165) is 11.6 Å². The molecule has 1 aliphatic rings. The minimum atomic E-state index is -0.593. The second kappa shape index (κ2) is 8.16. The third kappa shape index (κ3) is 4.10. The number of anilines is 1. The van der Waals surface area contributed by atoms with Gasteiger partial charge in [-0.1, -0.05) is 29.3 Å². The summed E-state index contributed by atoms with van der Waals surface area (Å²) in [4.78, 5) is 38.8. The highest BCUT2D eigenvalue weighted by Crippen LogP contribution is 2.29. The Balaban J connectivity index is 2.03. The van der Waals surface area contributed by atoms with E-state index in [-0.39, 0.29) is 28.8 Å². The number of hydrogen-bond donors (Lipinski definition) is 0. The second-order valence-electron chi connectivity index (χ2n) is 6.49. The molecular weight excluding hydrogens is 405 g/mol. The van der Waals surface area contributed by atoms with Crippen LogP contribution in [0.4, 0.5) is 11.4 Å². The Labute approximate surface area is 171 Å². The summed E-state index contributed by atoms with van der Waals surface area (Å²) in [5.74, 6) is -0.602. The van der Waals surface area contributed by atoms with Gasteiger partial charge in [-0.3, -0.25) is 24.6 Å². The van der Waals surface area contributed by atoms with Crippen molar-refractivity contribution in [3.8, 4) is 0 Å². The largest absolute Gasteiger partial charge is 0.324 e. The van der Waals surface area contributed by atoms with Crippen LogP contribution in [0.3, 0.4) is 0 Å². The van der Waals surface area contributed by atoms with E-state index < -0.39 is 10.8 Å². The van der Waals surface area contributed by atoms with E-state index in [1.54, 1.807) is 23.1 Å². The van der Waals surface area contributed by atoms with Gasteiger partial charge in [0.05, 0.1) is 15.5 Å². The molecule has 2 aromatic carbocycles. The number of rotatable bonds is 5. The van der Waals surface area contributed by atoms with Crippen LogP contribution in [0.5, 0.6) is 0 Å². The highest BCUT2D eigenvalue weighted by Gasteiger charge is 2.28. The van der Waals surface area contributed by atoms with Gasteiger partial charge in [0.15, 0.2) is 0 Å². The number of hydrogen-bond acceptors (Lipinski definition) is 4. The van der Waals surface area contributed by atoms with Crippen LogP contribution >= 0.6 is 23.2 Å². The van der Waals surface area contributed by atoms with Gasteiger partial charge in [-0.2, -0.15) is 0 Å². The van der Waals surface area contributed by atoms with Crippen LogP contribution in [0.2, 0.25) is 10.0 Å². The first-order valence-electron chi connectivity index (χ1n) is 8.57. The predicted molar refractivity (Wildman–Crippen MR) is 107 cm³/mol. The molecule has 28 heavy (non-hydrogen) atoms. The Morgan fingerprint density at radius 3 is 2.57 bits per heavy atom. The second-order valence-corrected chi connectivity index (χ2v) is 7.30. The summed E-state index contributed by atoms with van der Waals surface area (Å²) >= 11 is 12.4. The fourth-order valence-electron chi connectivity index (χ4n) is 2.97. The number of nitrogens with zero attached hydrogens (tertiary/aromatic N) is 3. The Morgan fingerprint density at radius 1 is 1.21 bits per heavy atom. The number of nitro benzene ring substituents is 1. The van der Waals surface area contributed by atoms with Crippen LogP contribution in [0, 0.1) is 17.0 Å². The molecule has 0 aliphatic carbocycles. The maximum atomic E-state index is 13.3. The third-order valence-corrected chi connectivity index (χ3v) is 5.32. The minimum absolute atomic E-state index is 0.01000. The summed E-state index contributed by atoms with van der Waals surface area (Å²) in [6.45, 7) is 2.38. The topological polar surface area (TPSA) is 83.8 Å². The molecular formula is C19H17Cl2N3O4. The first-order chi connectivity index (χ1) is 13.3. The van der Waals surface area contributed by atoms with E-state index in [2.05, 4.69) is 0 Å².